The van der Waals surface area contributed by atoms with Gasteiger partial charge in [0.1, 0.15) is 0 Å². The first-order chi connectivity index (χ1) is 6.65. The molecule has 0 amide bonds. The Kier molecular flexibility index (Phi) is 4.90. The predicted molar refractivity (Wildman–Crippen MR) is 62.4 cm³/mol. The maximum atomic E-state index is 6.03. The summed E-state index contributed by atoms with van der Waals surface area (Å²) in [5, 5.41) is 0. The van der Waals surface area contributed by atoms with E-state index in [0.29, 0.717) is 12.1 Å². The normalized spacial score (nSPS) is 28.7. The van der Waals surface area contributed by atoms with Crippen LogP contribution in [0.4, 0.5) is 0 Å². The van der Waals surface area contributed by atoms with Crippen molar-refractivity contribution in [1.82, 2.24) is 4.90 Å². The summed E-state index contributed by atoms with van der Waals surface area (Å²) in [6.07, 6.45) is 6.36. The first-order valence-electron chi connectivity index (χ1n) is 6.16. The summed E-state index contributed by atoms with van der Waals surface area (Å²) in [5.41, 5.74) is 6.03. The van der Waals surface area contributed by atoms with Gasteiger partial charge in [0.15, 0.2) is 0 Å². The highest BCUT2D eigenvalue weighted by molar-refractivity contribution is 4.83. The van der Waals surface area contributed by atoms with Crippen LogP contribution in [0, 0.1) is 0 Å². The van der Waals surface area contributed by atoms with E-state index < -0.39 is 0 Å². The number of hydrogen-bond acceptors (Lipinski definition) is 2. The first-order valence-corrected chi connectivity index (χ1v) is 6.16. The molecule has 2 N–H and O–H groups in total. The molecule has 14 heavy (non-hydrogen) atoms. The van der Waals surface area contributed by atoms with Gasteiger partial charge in [0, 0.05) is 18.1 Å². The maximum Gasteiger partial charge on any atom is 0.0113 e. The van der Waals surface area contributed by atoms with E-state index >= 15 is 0 Å². The van der Waals surface area contributed by atoms with Gasteiger partial charge in [-0.15, -0.1) is 0 Å². The zero-order valence-electron chi connectivity index (χ0n) is 10.00. The topological polar surface area (TPSA) is 29.3 Å². The fraction of sp³-hybridized carbons (Fsp3) is 1.00. The monoisotopic (exact) mass is 198 g/mol. The minimum atomic E-state index is 0.451. The molecule has 2 nitrogen and oxygen atoms in total. The second-order valence-electron chi connectivity index (χ2n) is 4.91. The van der Waals surface area contributed by atoms with Crippen LogP contribution in [0.3, 0.4) is 0 Å². The molecule has 2 heteroatoms. The smallest absolute Gasteiger partial charge is 0.0113 e. The van der Waals surface area contributed by atoms with Crippen LogP contribution in [0.5, 0.6) is 0 Å². The fourth-order valence-corrected chi connectivity index (χ4v) is 2.62. The molecule has 0 bridgehead atoms. The molecule has 84 valence electrons. The van der Waals surface area contributed by atoms with Crippen molar-refractivity contribution in [2.45, 2.75) is 71.0 Å². The Morgan fingerprint density at radius 3 is 2.57 bits per heavy atom. The number of rotatable bonds is 4. The molecule has 1 fully saturated rings. The van der Waals surface area contributed by atoms with Crippen LogP contribution in [0.15, 0.2) is 0 Å². The number of nitrogens with two attached hydrogens (primary N) is 1. The Labute approximate surface area is 88.8 Å². The summed E-state index contributed by atoms with van der Waals surface area (Å²) >= 11 is 0. The lowest BCUT2D eigenvalue weighted by atomic mass is 9.90. The standard InChI is InChI=1S/C12H26N2/c1-4-8-14(10(2)3)12-7-5-6-11(13)9-12/h10-12H,4-9,13H2,1-3H3. The van der Waals surface area contributed by atoms with Crippen molar-refractivity contribution in [3.8, 4) is 0 Å². The van der Waals surface area contributed by atoms with Gasteiger partial charge in [-0.05, 0) is 46.1 Å². The lowest BCUT2D eigenvalue weighted by Crippen LogP contribution is -2.46. The molecule has 1 saturated carbocycles. The molecular formula is C12H26N2. The minimum Gasteiger partial charge on any atom is -0.328 e. The Balaban J connectivity index is 2.48. The van der Waals surface area contributed by atoms with Crippen LogP contribution in [0.1, 0.15) is 52.9 Å². The molecule has 0 spiro atoms. The summed E-state index contributed by atoms with van der Waals surface area (Å²) in [6, 6.07) is 1.87. The molecule has 1 aliphatic carbocycles. The fourth-order valence-electron chi connectivity index (χ4n) is 2.62. The van der Waals surface area contributed by atoms with Crippen LogP contribution in [0.2, 0.25) is 0 Å². The highest BCUT2D eigenvalue weighted by atomic mass is 15.2. The molecule has 2 unspecified atom stereocenters. The van der Waals surface area contributed by atoms with E-state index in [2.05, 4.69) is 25.7 Å². The van der Waals surface area contributed by atoms with Gasteiger partial charge >= 0.3 is 0 Å². The van der Waals surface area contributed by atoms with E-state index in [1.54, 1.807) is 0 Å². The molecule has 0 aromatic rings. The number of hydrogen-bond donors (Lipinski definition) is 1. The van der Waals surface area contributed by atoms with E-state index in [1.807, 2.05) is 0 Å². The number of nitrogens with zero attached hydrogens (tertiary/aromatic N) is 1. The SMILES string of the molecule is CCCN(C(C)C)C1CCCC(N)C1. The largest absolute Gasteiger partial charge is 0.328 e. The summed E-state index contributed by atoms with van der Waals surface area (Å²) in [4.78, 5) is 2.64. The van der Waals surface area contributed by atoms with Crippen molar-refractivity contribution in [2.75, 3.05) is 6.54 Å². The second-order valence-corrected chi connectivity index (χ2v) is 4.91. The predicted octanol–water partition coefficient (Wildman–Crippen LogP) is 2.38. The van der Waals surface area contributed by atoms with Gasteiger partial charge < -0.3 is 5.73 Å². The first kappa shape index (κ1) is 12.0. The van der Waals surface area contributed by atoms with Crippen molar-refractivity contribution >= 4 is 0 Å². The van der Waals surface area contributed by atoms with Crippen molar-refractivity contribution in [2.24, 2.45) is 5.73 Å². The summed E-state index contributed by atoms with van der Waals surface area (Å²) in [6.45, 7) is 8.10. The van der Waals surface area contributed by atoms with E-state index in [-0.39, 0.29) is 0 Å². The molecule has 0 radical (unpaired) electrons. The molecule has 0 aromatic heterocycles. The van der Waals surface area contributed by atoms with Crippen LogP contribution >= 0.6 is 0 Å². The van der Waals surface area contributed by atoms with E-state index in [1.165, 1.54) is 38.6 Å². The molecule has 0 aliphatic heterocycles. The van der Waals surface area contributed by atoms with Crippen LogP contribution in [0.25, 0.3) is 0 Å². The average Bonchev–Trinajstić information content (AvgIpc) is 2.13. The molecular weight excluding hydrogens is 172 g/mol. The third kappa shape index (κ3) is 3.25. The Morgan fingerprint density at radius 1 is 1.36 bits per heavy atom. The van der Waals surface area contributed by atoms with Gasteiger partial charge in [-0.25, -0.2) is 0 Å². The lowest BCUT2D eigenvalue weighted by molar-refractivity contribution is 0.114. The van der Waals surface area contributed by atoms with Crippen molar-refractivity contribution in [3.63, 3.8) is 0 Å². The molecule has 0 aromatic carbocycles. The van der Waals surface area contributed by atoms with Crippen LogP contribution in [-0.4, -0.2) is 29.6 Å². The van der Waals surface area contributed by atoms with Gasteiger partial charge in [-0.3, -0.25) is 4.90 Å². The zero-order chi connectivity index (χ0) is 10.6. The van der Waals surface area contributed by atoms with Gasteiger partial charge in [0.05, 0.1) is 0 Å². The Hall–Kier alpha value is -0.0800. The summed E-state index contributed by atoms with van der Waals surface area (Å²) < 4.78 is 0. The highest BCUT2D eigenvalue weighted by Gasteiger charge is 2.25. The van der Waals surface area contributed by atoms with Gasteiger partial charge in [-0.2, -0.15) is 0 Å². The second kappa shape index (κ2) is 5.72. The Bertz CT molecular complexity index is 156. The average molecular weight is 198 g/mol. The van der Waals surface area contributed by atoms with Crippen molar-refractivity contribution in [3.05, 3.63) is 0 Å². The Morgan fingerprint density at radius 2 is 2.07 bits per heavy atom. The van der Waals surface area contributed by atoms with Gasteiger partial charge in [-0.1, -0.05) is 13.3 Å². The molecule has 2 atom stereocenters. The minimum absolute atomic E-state index is 0.451. The highest BCUT2D eigenvalue weighted by Crippen LogP contribution is 2.23. The quantitative estimate of drug-likeness (QED) is 0.751. The molecule has 0 heterocycles. The van der Waals surface area contributed by atoms with E-state index in [0.717, 1.165) is 6.04 Å². The maximum absolute atomic E-state index is 6.03. The van der Waals surface area contributed by atoms with Gasteiger partial charge in [0.25, 0.3) is 0 Å². The van der Waals surface area contributed by atoms with E-state index in [4.69, 9.17) is 5.73 Å². The molecule has 1 rings (SSSR count). The van der Waals surface area contributed by atoms with Crippen molar-refractivity contribution < 1.29 is 0 Å². The molecule has 1 aliphatic rings. The zero-order valence-corrected chi connectivity index (χ0v) is 10.00. The summed E-state index contributed by atoms with van der Waals surface area (Å²) in [5.74, 6) is 0. The third-order valence-corrected chi connectivity index (χ3v) is 3.30. The summed E-state index contributed by atoms with van der Waals surface area (Å²) in [7, 11) is 0. The van der Waals surface area contributed by atoms with Gasteiger partial charge in [0.2, 0.25) is 0 Å². The lowest BCUT2D eigenvalue weighted by Gasteiger charge is -2.39. The van der Waals surface area contributed by atoms with Crippen LogP contribution < -0.4 is 5.73 Å². The third-order valence-electron chi connectivity index (χ3n) is 3.30. The van der Waals surface area contributed by atoms with Crippen LogP contribution in [-0.2, 0) is 0 Å². The van der Waals surface area contributed by atoms with Crippen molar-refractivity contribution in [1.29, 1.82) is 0 Å². The van der Waals surface area contributed by atoms with E-state index in [9.17, 15) is 0 Å². The molecule has 0 saturated heterocycles.